The molecule has 2 N–H and O–H groups in total. The van der Waals surface area contributed by atoms with Crippen molar-refractivity contribution >= 4 is 41.7 Å². The summed E-state index contributed by atoms with van der Waals surface area (Å²) in [5.41, 5.74) is 1.09. The summed E-state index contributed by atoms with van der Waals surface area (Å²) < 4.78 is 0.207. The summed E-state index contributed by atoms with van der Waals surface area (Å²) >= 11 is 1.84. The highest BCUT2D eigenvalue weighted by molar-refractivity contribution is 14.0. The van der Waals surface area contributed by atoms with E-state index in [1.165, 1.54) is 0 Å². The van der Waals surface area contributed by atoms with Crippen LogP contribution in [0.1, 0.15) is 19.5 Å². The number of rotatable bonds is 6. The molecule has 0 fully saturated rings. The quantitative estimate of drug-likeness (QED) is 0.432. The van der Waals surface area contributed by atoms with Crippen molar-refractivity contribution in [2.45, 2.75) is 25.0 Å². The molecule has 0 bridgehead atoms. The Hall–Kier alpha value is -0.500. The van der Waals surface area contributed by atoms with Crippen LogP contribution in [0.2, 0.25) is 0 Å². The van der Waals surface area contributed by atoms with E-state index < -0.39 is 0 Å². The number of halogens is 1. The first-order chi connectivity index (χ1) is 9.07. The van der Waals surface area contributed by atoms with Gasteiger partial charge in [-0.05, 0) is 32.2 Å². The second-order valence-corrected chi connectivity index (χ2v) is 6.40. The predicted octanol–water partition coefficient (Wildman–Crippen LogP) is 2.55. The fourth-order valence-corrected chi connectivity index (χ4v) is 1.66. The number of hydrogen-bond donors (Lipinski definition) is 2. The largest absolute Gasteiger partial charge is 0.356 e. The van der Waals surface area contributed by atoms with Crippen molar-refractivity contribution in [3.8, 4) is 0 Å². The maximum atomic E-state index is 4.30. The molecule has 0 aliphatic carbocycles. The smallest absolute Gasteiger partial charge is 0.191 e. The Morgan fingerprint density at radius 3 is 2.65 bits per heavy atom. The normalized spacial score (nSPS) is 11.7. The van der Waals surface area contributed by atoms with Crippen LogP contribution in [0.25, 0.3) is 0 Å². The molecule has 0 aliphatic rings. The zero-order chi connectivity index (χ0) is 14.1. The minimum atomic E-state index is 0. The van der Waals surface area contributed by atoms with Gasteiger partial charge in [0.2, 0.25) is 0 Å². The highest BCUT2D eigenvalue weighted by Crippen LogP contribution is 2.19. The summed E-state index contributed by atoms with van der Waals surface area (Å²) in [4.78, 5) is 8.52. The van der Waals surface area contributed by atoms with Crippen molar-refractivity contribution in [3.63, 3.8) is 0 Å². The third-order valence-corrected chi connectivity index (χ3v) is 4.11. The van der Waals surface area contributed by atoms with Crippen LogP contribution in [0.3, 0.4) is 0 Å². The summed E-state index contributed by atoms with van der Waals surface area (Å²) in [7, 11) is 1.79. The van der Waals surface area contributed by atoms with E-state index in [0.717, 1.165) is 31.2 Å². The highest BCUT2D eigenvalue weighted by atomic mass is 127. The van der Waals surface area contributed by atoms with E-state index in [9.17, 15) is 0 Å². The van der Waals surface area contributed by atoms with Gasteiger partial charge in [-0.25, -0.2) is 0 Å². The van der Waals surface area contributed by atoms with Crippen molar-refractivity contribution in [3.05, 3.63) is 30.1 Å². The molecule has 20 heavy (non-hydrogen) atoms. The third kappa shape index (κ3) is 7.94. The van der Waals surface area contributed by atoms with Crippen molar-refractivity contribution in [1.82, 2.24) is 15.6 Å². The van der Waals surface area contributed by atoms with E-state index in [2.05, 4.69) is 40.7 Å². The maximum Gasteiger partial charge on any atom is 0.191 e. The van der Waals surface area contributed by atoms with E-state index >= 15 is 0 Å². The number of guanidine groups is 1. The Labute approximate surface area is 143 Å². The monoisotopic (exact) mass is 408 g/mol. The number of hydrogen-bond acceptors (Lipinski definition) is 3. The Kier molecular flexibility index (Phi) is 10.0. The first kappa shape index (κ1) is 19.5. The number of nitrogens with one attached hydrogen (secondary N) is 2. The van der Waals surface area contributed by atoms with Crippen molar-refractivity contribution < 1.29 is 0 Å². The molecule has 1 rings (SSSR count). The lowest BCUT2D eigenvalue weighted by Crippen LogP contribution is -2.43. The minimum Gasteiger partial charge on any atom is -0.356 e. The lowest BCUT2D eigenvalue weighted by atomic mass is 10.2. The summed E-state index contributed by atoms with van der Waals surface area (Å²) in [5, 5.41) is 6.65. The molecule has 0 aromatic carbocycles. The van der Waals surface area contributed by atoms with Crippen LogP contribution in [0.5, 0.6) is 0 Å². The standard InChI is InChI=1S/C14H24N4S.HI/c1-14(2,19-4)11-18-13(15-3)17-10-8-12-7-5-6-9-16-12;/h5-7,9H,8,10-11H2,1-4H3,(H2,15,17,18);1H. The van der Waals surface area contributed by atoms with E-state index in [4.69, 9.17) is 0 Å². The van der Waals surface area contributed by atoms with Gasteiger partial charge < -0.3 is 10.6 Å². The van der Waals surface area contributed by atoms with Gasteiger partial charge in [0, 0.05) is 43.2 Å². The molecule has 0 aliphatic heterocycles. The molecule has 0 radical (unpaired) electrons. The third-order valence-electron chi connectivity index (χ3n) is 2.86. The fourth-order valence-electron chi connectivity index (χ4n) is 1.44. The number of pyridine rings is 1. The Bertz CT molecular complexity index is 395. The molecule has 4 nitrogen and oxygen atoms in total. The zero-order valence-corrected chi connectivity index (χ0v) is 15.8. The summed E-state index contributed by atoms with van der Waals surface area (Å²) in [6, 6.07) is 5.98. The second-order valence-electron chi connectivity index (χ2n) is 4.89. The lowest BCUT2D eigenvalue weighted by Gasteiger charge is -2.23. The molecule has 1 heterocycles. The van der Waals surface area contributed by atoms with Gasteiger partial charge in [-0.2, -0.15) is 11.8 Å². The molecule has 0 saturated carbocycles. The van der Waals surface area contributed by atoms with Gasteiger partial charge in [0.05, 0.1) is 0 Å². The molecular weight excluding hydrogens is 383 g/mol. The molecule has 1 aromatic heterocycles. The van der Waals surface area contributed by atoms with E-state index in [1.54, 1.807) is 7.05 Å². The first-order valence-corrected chi connectivity index (χ1v) is 7.69. The number of thioether (sulfide) groups is 1. The maximum absolute atomic E-state index is 4.30. The van der Waals surface area contributed by atoms with Crippen molar-refractivity contribution in [2.24, 2.45) is 4.99 Å². The molecule has 0 amide bonds. The average molecular weight is 408 g/mol. The van der Waals surface area contributed by atoms with Gasteiger partial charge in [0.15, 0.2) is 5.96 Å². The van der Waals surface area contributed by atoms with E-state index in [-0.39, 0.29) is 28.7 Å². The zero-order valence-electron chi connectivity index (χ0n) is 12.6. The van der Waals surface area contributed by atoms with Gasteiger partial charge in [-0.3, -0.25) is 9.98 Å². The van der Waals surface area contributed by atoms with E-state index in [0.29, 0.717) is 0 Å². The van der Waals surface area contributed by atoms with Crippen LogP contribution in [0, 0.1) is 0 Å². The van der Waals surface area contributed by atoms with Crippen LogP contribution in [-0.2, 0) is 6.42 Å². The molecule has 0 spiro atoms. The van der Waals surface area contributed by atoms with Gasteiger partial charge in [0.25, 0.3) is 0 Å². The molecule has 0 unspecified atom stereocenters. The van der Waals surface area contributed by atoms with Crippen LogP contribution >= 0.6 is 35.7 Å². The lowest BCUT2D eigenvalue weighted by molar-refractivity contribution is 0.663. The number of aromatic nitrogens is 1. The number of aliphatic imine (C=N–C) groups is 1. The molecule has 6 heteroatoms. The number of nitrogens with zero attached hydrogens (tertiary/aromatic N) is 2. The first-order valence-electron chi connectivity index (χ1n) is 6.47. The predicted molar refractivity (Wildman–Crippen MR) is 100 cm³/mol. The SMILES string of the molecule is CN=C(NCCc1ccccn1)NCC(C)(C)SC.I. The van der Waals surface area contributed by atoms with E-state index in [1.807, 2.05) is 36.2 Å². The second kappa shape index (κ2) is 10.3. The van der Waals surface area contributed by atoms with Crippen LogP contribution in [0.4, 0.5) is 0 Å². The molecule has 114 valence electrons. The van der Waals surface area contributed by atoms with Gasteiger partial charge in [-0.1, -0.05) is 6.07 Å². The van der Waals surface area contributed by atoms with Crippen LogP contribution in [-0.4, -0.2) is 42.1 Å². The summed E-state index contributed by atoms with van der Waals surface area (Å²) in [6.07, 6.45) is 4.84. The highest BCUT2D eigenvalue weighted by Gasteiger charge is 2.15. The average Bonchev–Trinajstić information content (AvgIpc) is 2.43. The van der Waals surface area contributed by atoms with Crippen LogP contribution in [0.15, 0.2) is 29.4 Å². The molecule has 0 saturated heterocycles. The Morgan fingerprint density at radius 2 is 2.10 bits per heavy atom. The van der Waals surface area contributed by atoms with Gasteiger partial charge >= 0.3 is 0 Å². The summed E-state index contributed by atoms with van der Waals surface area (Å²) in [6.45, 7) is 6.14. The Balaban J connectivity index is 0.00000361. The van der Waals surface area contributed by atoms with Crippen molar-refractivity contribution in [2.75, 3.05) is 26.4 Å². The van der Waals surface area contributed by atoms with Gasteiger partial charge in [-0.15, -0.1) is 24.0 Å². The van der Waals surface area contributed by atoms with Crippen LogP contribution < -0.4 is 10.6 Å². The molecular formula is C14H25IN4S. The summed E-state index contributed by atoms with van der Waals surface area (Å²) in [5.74, 6) is 0.845. The Morgan fingerprint density at radius 1 is 1.35 bits per heavy atom. The van der Waals surface area contributed by atoms with Gasteiger partial charge in [0.1, 0.15) is 0 Å². The molecule has 0 atom stereocenters. The minimum absolute atomic E-state index is 0. The fraction of sp³-hybridized carbons (Fsp3) is 0.571. The van der Waals surface area contributed by atoms with Crippen molar-refractivity contribution in [1.29, 1.82) is 0 Å². The molecule has 1 aromatic rings. The topological polar surface area (TPSA) is 49.3 Å².